The van der Waals surface area contributed by atoms with Crippen molar-refractivity contribution in [3.63, 3.8) is 0 Å². The number of nitrogens with zero attached hydrogens (tertiary/aromatic N) is 2. The van der Waals surface area contributed by atoms with Crippen molar-refractivity contribution in [2.75, 3.05) is 34.4 Å². The first kappa shape index (κ1) is 32.8. The van der Waals surface area contributed by atoms with Crippen molar-refractivity contribution >= 4 is 41.8 Å². The molecule has 0 aliphatic carbocycles. The van der Waals surface area contributed by atoms with E-state index in [0.717, 1.165) is 46.0 Å². The number of nitrogens with one attached hydrogen (secondary N) is 3. The molecule has 1 atom stereocenters. The maximum Gasteiger partial charge on any atom is 0.410 e. The number of aromatic amines is 1. The average molecular weight is 730 g/mol. The molecule has 8 nitrogen and oxygen atoms in total. The van der Waals surface area contributed by atoms with Gasteiger partial charge in [-0.3, -0.25) is 10.1 Å². The number of likely N-dealkylation sites (tertiary alicyclic amines) is 1. The van der Waals surface area contributed by atoms with Crippen LogP contribution in [0.5, 0.6) is 0 Å². The number of carbonyl (C=O) groups is 1. The lowest BCUT2D eigenvalue weighted by atomic mass is 9.83. The van der Waals surface area contributed by atoms with E-state index in [1.165, 1.54) is 0 Å². The van der Waals surface area contributed by atoms with Gasteiger partial charge in [-0.25, -0.2) is 4.79 Å². The van der Waals surface area contributed by atoms with E-state index < -0.39 is 38.0 Å². The fraction of sp³-hybridized carbons (Fsp3) is 0.594. The summed E-state index contributed by atoms with van der Waals surface area (Å²) in [5.74, 6) is 0. The standard InChI is InChI=1S/C32H43F3IN5O3/c1-5-30(15-19-40(20-16-30)28(43)44-29(2,3)4)41-21-36-26(25-24(41)13-18-37-27(25)42)39-23-11-9-22(10-12-23)31(32(33,34)35)14-7-6-8-17-38-31/h9-13,18,38-39H,5-8,14-17,19-21H2,1-4H3,(H,37,42)/t31-/m0/s1. The molecule has 1 aromatic heterocycles. The molecule has 2 saturated heterocycles. The fourth-order valence-electron chi connectivity index (χ4n) is 6.58. The number of rotatable bonds is 5. The monoisotopic (exact) mass is 729 g/mol. The van der Waals surface area contributed by atoms with Crippen LogP contribution in [0.2, 0.25) is 0 Å². The van der Waals surface area contributed by atoms with Crippen LogP contribution in [0.4, 0.5) is 29.3 Å². The van der Waals surface area contributed by atoms with E-state index in [9.17, 15) is 22.8 Å². The molecule has 4 heterocycles. The molecule has 0 spiro atoms. The van der Waals surface area contributed by atoms with Crippen molar-refractivity contribution in [3.05, 3.63) is 58.0 Å². The third kappa shape index (κ3) is 6.52. The van der Waals surface area contributed by atoms with Gasteiger partial charge in [-0.2, -0.15) is 13.2 Å². The quantitative estimate of drug-likeness (QED) is 0.178. The van der Waals surface area contributed by atoms with Crippen molar-refractivity contribution in [1.82, 2.24) is 15.2 Å². The minimum absolute atomic E-state index is 0.0133. The normalized spacial score (nSPS) is 22.7. The first-order valence-corrected chi connectivity index (χ1v) is 18.0. The number of aromatic nitrogens is 1. The first-order chi connectivity index (χ1) is 20.8. The number of piperidine rings is 1. The zero-order chi connectivity index (χ0) is 31.8. The lowest BCUT2D eigenvalue weighted by molar-refractivity contribution is -0.202. The van der Waals surface area contributed by atoms with Crippen LogP contribution in [0.25, 0.3) is 0 Å². The Bertz CT molecular complexity index is 1420. The van der Waals surface area contributed by atoms with Gasteiger partial charge in [0.2, 0.25) is 0 Å². The number of benzene rings is 1. The molecule has 2 aromatic rings. The van der Waals surface area contributed by atoms with Gasteiger partial charge in [0.05, 0.1) is 19.4 Å². The molecule has 0 bridgehead atoms. The van der Waals surface area contributed by atoms with E-state index in [1.807, 2.05) is 26.8 Å². The maximum absolute atomic E-state index is 14.4. The van der Waals surface area contributed by atoms with Crippen LogP contribution in [0.1, 0.15) is 83.8 Å². The van der Waals surface area contributed by atoms with Crippen molar-refractivity contribution in [1.29, 1.82) is 0 Å². The predicted octanol–water partition coefficient (Wildman–Crippen LogP) is 6.81. The number of amides is 1. The molecule has 0 radical (unpaired) electrons. The second kappa shape index (κ2) is 12.6. The van der Waals surface area contributed by atoms with Crippen LogP contribution in [-0.2, 0) is 10.3 Å². The van der Waals surface area contributed by atoms with Crippen LogP contribution >= 0.6 is 20.7 Å². The zero-order valence-corrected chi connectivity index (χ0v) is 28.0. The summed E-state index contributed by atoms with van der Waals surface area (Å²) in [5.41, 5.74) is -0.682. The van der Waals surface area contributed by atoms with Gasteiger partial charge in [0.25, 0.3) is 5.56 Å². The van der Waals surface area contributed by atoms with Crippen molar-refractivity contribution in [2.45, 2.75) is 95.5 Å². The van der Waals surface area contributed by atoms with Gasteiger partial charge in [-0.05, 0) is 83.2 Å². The SMILES string of the molecule is CCC1(N2CI=C(Nc3ccc([C@]4(C(F)(F)F)CCCCCN4)cc3)c3c2cc[nH]c3=O)CCN(C(=O)OC(C)(C)C)CC1. The molecule has 3 aliphatic heterocycles. The number of ether oxygens (including phenoxy) is 1. The molecular formula is C32H43F3IN5O3. The second-order valence-corrected chi connectivity index (χ2v) is 15.5. The number of alkyl halides is 4. The first-order valence-electron chi connectivity index (χ1n) is 15.4. The van der Waals surface area contributed by atoms with E-state index in [2.05, 4.69) is 27.4 Å². The summed E-state index contributed by atoms with van der Waals surface area (Å²) in [6.07, 6.45) is 1.38. The van der Waals surface area contributed by atoms with Crippen LogP contribution in [-0.4, -0.2) is 61.1 Å². The van der Waals surface area contributed by atoms with E-state index in [4.69, 9.17) is 4.74 Å². The van der Waals surface area contributed by atoms with Crippen molar-refractivity contribution in [2.24, 2.45) is 0 Å². The molecule has 2 fully saturated rings. The Morgan fingerprint density at radius 1 is 1.05 bits per heavy atom. The topological polar surface area (TPSA) is 89.7 Å². The van der Waals surface area contributed by atoms with Crippen molar-refractivity contribution < 1.29 is 22.7 Å². The summed E-state index contributed by atoms with van der Waals surface area (Å²) in [6.45, 7) is 9.22. The molecule has 44 heavy (non-hydrogen) atoms. The Labute approximate surface area is 266 Å². The number of fused-ring (bicyclic) bond motifs is 1. The molecule has 3 aliphatic rings. The molecule has 1 amide bonds. The van der Waals surface area contributed by atoms with Gasteiger partial charge in [0, 0.05) is 30.5 Å². The van der Waals surface area contributed by atoms with Gasteiger partial charge in [0.15, 0.2) is 0 Å². The minimum Gasteiger partial charge on any atom is -0.444 e. The molecule has 0 unspecified atom stereocenters. The smallest absolute Gasteiger partial charge is 0.410 e. The lowest BCUT2D eigenvalue weighted by Crippen LogP contribution is -2.57. The second-order valence-electron chi connectivity index (χ2n) is 13.0. The van der Waals surface area contributed by atoms with E-state index in [-0.39, 0.29) is 29.2 Å². The summed E-state index contributed by atoms with van der Waals surface area (Å²) in [5, 5.41) is 6.23. The van der Waals surface area contributed by atoms with Crippen molar-refractivity contribution in [3.8, 4) is 0 Å². The van der Waals surface area contributed by atoms with Gasteiger partial charge >= 0.3 is 12.3 Å². The Balaban J connectivity index is 1.37. The van der Waals surface area contributed by atoms with Gasteiger partial charge < -0.3 is 24.8 Å². The largest absolute Gasteiger partial charge is 0.444 e. The molecular weight excluding hydrogens is 686 g/mol. The summed E-state index contributed by atoms with van der Waals surface area (Å²) in [6, 6.07) is 8.43. The number of hydrogen-bond donors (Lipinski definition) is 3. The highest BCUT2D eigenvalue weighted by atomic mass is 127. The van der Waals surface area contributed by atoms with Crippen LogP contribution in [0.3, 0.4) is 0 Å². The summed E-state index contributed by atoms with van der Waals surface area (Å²) in [7, 11) is 0. The van der Waals surface area contributed by atoms with Gasteiger partial charge in [0.1, 0.15) is 11.1 Å². The number of hydrogen-bond acceptors (Lipinski definition) is 6. The number of carbonyl (C=O) groups excluding carboxylic acids is 1. The average Bonchev–Trinajstić information content (AvgIpc) is 3.24. The summed E-state index contributed by atoms with van der Waals surface area (Å²) >= 11 is -0.671. The maximum atomic E-state index is 14.4. The Kier molecular flexibility index (Phi) is 9.42. The van der Waals surface area contributed by atoms with E-state index in [1.54, 1.807) is 35.4 Å². The number of halogens is 4. The summed E-state index contributed by atoms with van der Waals surface area (Å²) in [4.78, 5) is 33.0. The molecule has 5 rings (SSSR count). The molecule has 242 valence electrons. The van der Waals surface area contributed by atoms with Gasteiger partial charge in [-0.1, -0.05) is 52.6 Å². The highest BCUT2D eigenvalue weighted by Crippen LogP contribution is 2.45. The van der Waals surface area contributed by atoms with Crippen LogP contribution in [0.15, 0.2) is 41.3 Å². The number of anilines is 2. The highest BCUT2D eigenvalue weighted by Gasteiger charge is 2.55. The zero-order valence-electron chi connectivity index (χ0n) is 25.9. The number of pyridine rings is 1. The Morgan fingerprint density at radius 3 is 2.39 bits per heavy atom. The van der Waals surface area contributed by atoms with Crippen LogP contribution in [0, 0.1) is 0 Å². The lowest BCUT2D eigenvalue weighted by Gasteiger charge is -2.50. The molecule has 1 aromatic carbocycles. The molecule has 0 saturated carbocycles. The third-order valence-corrected chi connectivity index (χ3v) is 11.7. The Hall–Kier alpha value is -2.61. The molecule has 12 heteroatoms. The van der Waals surface area contributed by atoms with Gasteiger partial charge in [-0.15, -0.1) is 0 Å². The minimum atomic E-state index is -4.41. The fourth-order valence-corrected chi connectivity index (χ4v) is 9.76. The predicted molar refractivity (Wildman–Crippen MR) is 177 cm³/mol. The van der Waals surface area contributed by atoms with E-state index in [0.29, 0.717) is 37.3 Å². The third-order valence-electron chi connectivity index (χ3n) is 9.11. The summed E-state index contributed by atoms with van der Waals surface area (Å²) < 4.78 is 50.3. The Morgan fingerprint density at radius 2 is 1.75 bits per heavy atom. The van der Waals surface area contributed by atoms with Crippen LogP contribution < -0.4 is 21.1 Å². The number of H-pyrrole nitrogens is 1. The highest BCUT2D eigenvalue weighted by molar-refractivity contribution is 14.2. The molecule has 3 N–H and O–H groups in total. The van der Waals surface area contributed by atoms with E-state index >= 15 is 0 Å².